The lowest BCUT2D eigenvalue weighted by atomic mass is 9.87. The van der Waals surface area contributed by atoms with Crippen molar-refractivity contribution in [2.75, 3.05) is 26.4 Å². The number of nitrogens with one attached hydrogen (secondary N) is 1. The van der Waals surface area contributed by atoms with E-state index in [1.165, 1.54) is 0 Å². The third-order valence-corrected chi connectivity index (χ3v) is 9.60. The number of hydrogen-bond donors (Lipinski definition) is 16. The van der Waals surface area contributed by atoms with E-state index in [4.69, 9.17) is 33.2 Å². The van der Waals surface area contributed by atoms with Crippen LogP contribution in [-0.4, -0.2) is 243 Å². The van der Waals surface area contributed by atoms with Gasteiger partial charge in [-0.05, 0) is 0 Å². The SMILES string of the molecule is CC(=O)N[C@H]1[C@H]([C@H](O)[C@H](O)CO)O[C@@](O[C@H]2[C@@H](O)[C@@H](CO)O[C@@H](O[C@H]3[C@H](O)[C@@H](O)[C@H](O)O[C@@H]3CO)[C@@H]2O)(C(=O)O)C[C@@H]1O[C@H]1O[C@H](CO)[C@H](O)[C@H](O)[C@H]1O. The maximum atomic E-state index is 13.2. The van der Waals surface area contributed by atoms with Gasteiger partial charge in [0, 0.05) is 13.3 Å². The molecule has 0 aromatic carbocycles. The number of carboxylic acid groups (broad SMARTS) is 1. The maximum absolute atomic E-state index is 13.2. The molecule has 0 unspecified atom stereocenters. The molecule has 4 rings (SSSR count). The summed E-state index contributed by atoms with van der Waals surface area (Å²) in [6.07, 6.45) is -39.0. The molecule has 0 saturated carbocycles. The molecule has 0 aromatic rings. The second-order valence-electron chi connectivity index (χ2n) is 13.3. The minimum Gasteiger partial charge on any atom is -0.477 e. The van der Waals surface area contributed by atoms with E-state index in [1.807, 2.05) is 0 Å². The molecule has 4 aliphatic rings. The molecule has 25 heteroatoms. The molecule has 4 aliphatic heterocycles. The Labute approximate surface area is 305 Å². The van der Waals surface area contributed by atoms with Crippen molar-refractivity contribution < 1.29 is 119 Å². The van der Waals surface area contributed by atoms with Gasteiger partial charge in [0.25, 0.3) is 5.79 Å². The van der Waals surface area contributed by atoms with E-state index in [0.29, 0.717) is 0 Å². The molecule has 0 aromatic heterocycles. The zero-order chi connectivity index (χ0) is 40.4. The van der Waals surface area contributed by atoms with Crippen LogP contribution in [-0.2, 0) is 42.7 Å². The van der Waals surface area contributed by atoms with Crippen LogP contribution in [0.3, 0.4) is 0 Å². The Bertz CT molecular complexity index is 1230. The van der Waals surface area contributed by atoms with Crippen LogP contribution in [0.25, 0.3) is 0 Å². The van der Waals surface area contributed by atoms with E-state index in [-0.39, 0.29) is 0 Å². The van der Waals surface area contributed by atoms with Crippen LogP contribution >= 0.6 is 0 Å². The standard InChI is InChI=1S/C29H49NO24/c1-7(35)30-13-9(49-26-20(43)17(40)15(38)10(4-32)50-26)2-29(28(46)47,53-23(13)14(37)8(36)3-31)54-24-16(39)11(5-33)51-27(21(24)44)52-22-12(6-34)48-25(45)19(42)18(22)41/h8-27,31-34,36-45H,2-6H2,1H3,(H,30,35)(H,46,47)/t8-,9+,10-,11-,12-,13-,14-,15+,16+,17+,18-,19-,20-,21-,22-,23-,24+,25-,26+,27+,29+/m1/s1. The number of aliphatic carboxylic acids is 1. The van der Waals surface area contributed by atoms with E-state index in [1.54, 1.807) is 0 Å². The third-order valence-electron chi connectivity index (χ3n) is 9.60. The Balaban J connectivity index is 1.75. The monoisotopic (exact) mass is 795 g/mol. The topological polar surface area (TPSA) is 414 Å². The molecule has 0 bridgehead atoms. The van der Waals surface area contributed by atoms with Gasteiger partial charge in [-0.15, -0.1) is 0 Å². The Hall–Kier alpha value is -1.90. The van der Waals surface area contributed by atoms with Gasteiger partial charge in [-0.25, -0.2) is 4.79 Å². The Kier molecular flexibility index (Phi) is 15.4. The second-order valence-corrected chi connectivity index (χ2v) is 13.3. The average Bonchev–Trinajstić information content (AvgIpc) is 3.14. The molecular formula is C29H49NO24. The van der Waals surface area contributed by atoms with Crippen molar-refractivity contribution in [3.63, 3.8) is 0 Å². The fraction of sp³-hybridized carbons (Fsp3) is 0.931. The first-order valence-electron chi connectivity index (χ1n) is 16.7. The highest BCUT2D eigenvalue weighted by Gasteiger charge is 2.61. The van der Waals surface area contributed by atoms with Crippen molar-refractivity contribution in [1.82, 2.24) is 5.32 Å². The summed E-state index contributed by atoms with van der Waals surface area (Å²) in [7, 11) is 0. The molecule has 21 atom stereocenters. The first-order valence-corrected chi connectivity index (χ1v) is 16.7. The van der Waals surface area contributed by atoms with E-state index in [0.717, 1.165) is 6.92 Å². The van der Waals surface area contributed by atoms with Crippen molar-refractivity contribution in [3.8, 4) is 0 Å². The van der Waals surface area contributed by atoms with Crippen molar-refractivity contribution in [2.24, 2.45) is 0 Å². The number of ether oxygens (including phenoxy) is 7. The first kappa shape index (κ1) is 44.8. The summed E-state index contributed by atoms with van der Waals surface area (Å²) in [6.45, 7) is -3.08. The Morgan fingerprint density at radius 2 is 1.30 bits per heavy atom. The van der Waals surface area contributed by atoms with Gasteiger partial charge in [0.2, 0.25) is 5.91 Å². The quantitative estimate of drug-likeness (QED) is 0.0776. The molecule has 54 heavy (non-hydrogen) atoms. The first-order chi connectivity index (χ1) is 25.4. The van der Waals surface area contributed by atoms with Crippen molar-refractivity contribution in [3.05, 3.63) is 0 Å². The van der Waals surface area contributed by atoms with Crippen LogP contribution in [0.15, 0.2) is 0 Å². The van der Waals surface area contributed by atoms with E-state index >= 15 is 0 Å². The summed E-state index contributed by atoms with van der Waals surface area (Å²) in [5, 5.41) is 158. The molecule has 1 amide bonds. The van der Waals surface area contributed by atoms with Crippen LogP contribution in [0.1, 0.15) is 13.3 Å². The molecule has 314 valence electrons. The summed E-state index contributed by atoms with van der Waals surface area (Å²) in [6, 6.07) is -1.72. The highest BCUT2D eigenvalue weighted by molar-refractivity contribution is 5.76. The molecular weight excluding hydrogens is 746 g/mol. The number of rotatable bonds is 14. The molecule has 4 saturated heterocycles. The zero-order valence-corrected chi connectivity index (χ0v) is 28.5. The van der Waals surface area contributed by atoms with Crippen molar-refractivity contribution >= 4 is 11.9 Å². The molecule has 16 N–H and O–H groups in total. The number of carboxylic acids is 1. The van der Waals surface area contributed by atoms with E-state index in [9.17, 15) is 86.2 Å². The van der Waals surface area contributed by atoms with E-state index < -0.39 is 173 Å². The number of aliphatic hydroxyl groups excluding tert-OH is 14. The van der Waals surface area contributed by atoms with Crippen LogP contribution < -0.4 is 5.32 Å². The Morgan fingerprint density at radius 3 is 1.83 bits per heavy atom. The van der Waals surface area contributed by atoms with Gasteiger partial charge in [0.1, 0.15) is 91.6 Å². The summed E-state index contributed by atoms with van der Waals surface area (Å²) >= 11 is 0. The Morgan fingerprint density at radius 1 is 0.722 bits per heavy atom. The summed E-state index contributed by atoms with van der Waals surface area (Å²) in [5.41, 5.74) is 0. The normalized spacial score (nSPS) is 47.1. The highest BCUT2D eigenvalue weighted by atomic mass is 16.8. The number of carbonyl (C=O) groups is 2. The lowest BCUT2D eigenvalue weighted by Crippen LogP contribution is -2.72. The minimum absolute atomic E-state index is 0.862. The zero-order valence-electron chi connectivity index (χ0n) is 28.5. The number of hydrogen-bond acceptors (Lipinski definition) is 23. The van der Waals surface area contributed by atoms with Gasteiger partial charge in [-0.2, -0.15) is 0 Å². The fourth-order valence-corrected chi connectivity index (χ4v) is 6.63. The van der Waals surface area contributed by atoms with Crippen LogP contribution in [0.4, 0.5) is 0 Å². The lowest BCUT2D eigenvalue weighted by Gasteiger charge is -2.52. The van der Waals surface area contributed by atoms with Gasteiger partial charge in [-0.1, -0.05) is 0 Å². The van der Waals surface area contributed by atoms with Crippen LogP contribution in [0.5, 0.6) is 0 Å². The molecule has 25 nitrogen and oxygen atoms in total. The van der Waals surface area contributed by atoms with Crippen LogP contribution in [0, 0.1) is 0 Å². The molecule has 4 heterocycles. The predicted molar refractivity (Wildman–Crippen MR) is 163 cm³/mol. The second kappa shape index (κ2) is 18.6. The van der Waals surface area contributed by atoms with Gasteiger partial charge < -0.3 is 115 Å². The third kappa shape index (κ3) is 9.12. The minimum atomic E-state index is -3.23. The largest absolute Gasteiger partial charge is 0.477 e. The molecule has 0 aliphatic carbocycles. The predicted octanol–water partition coefficient (Wildman–Crippen LogP) is -10.4. The van der Waals surface area contributed by atoms with Crippen molar-refractivity contribution in [2.45, 2.75) is 142 Å². The number of amides is 1. The van der Waals surface area contributed by atoms with E-state index in [2.05, 4.69) is 5.32 Å². The van der Waals surface area contributed by atoms with Gasteiger partial charge >= 0.3 is 5.97 Å². The van der Waals surface area contributed by atoms with Crippen molar-refractivity contribution in [1.29, 1.82) is 0 Å². The average molecular weight is 796 g/mol. The summed E-state index contributed by atoms with van der Waals surface area (Å²) in [5.74, 6) is -6.18. The summed E-state index contributed by atoms with van der Waals surface area (Å²) in [4.78, 5) is 25.5. The lowest BCUT2D eigenvalue weighted by molar-refractivity contribution is -0.391. The van der Waals surface area contributed by atoms with Gasteiger partial charge in [0.15, 0.2) is 18.9 Å². The fourth-order valence-electron chi connectivity index (χ4n) is 6.63. The highest BCUT2D eigenvalue weighted by Crippen LogP contribution is 2.40. The van der Waals surface area contributed by atoms with Gasteiger partial charge in [-0.3, -0.25) is 4.79 Å². The van der Waals surface area contributed by atoms with Gasteiger partial charge in [0.05, 0.1) is 38.6 Å². The van der Waals surface area contributed by atoms with Crippen LogP contribution in [0.2, 0.25) is 0 Å². The number of aliphatic hydroxyl groups is 14. The molecule has 0 spiro atoms. The molecule has 0 radical (unpaired) electrons. The smallest absolute Gasteiger partial charge is 0.364 e. The molecule has 4 fully saturated rings. The maximum Gasteiger partial charge on any atom is 0.364 e. The number of carbonyl (C=O) groups excluding carboxylic acids is 1. The summed E-state index contributed by atoms with van der Waals surface area (Å²) < 4.78 is 38.6.